The molecule has 0 aliphatic heterocycles. The smallest absolute Gasteiger partial charge is 0.164 e. The van der Waals surface area contributed by atoms with Crippen molar-refractivity contribution in [2.75, 3.05) is 0 Å². The van der Waals surface area contributed by atoms with E-state index in [9.17, 15) is 0 Å². The van der Waals surface area contributed by atoms with Crippen molar-refractivity contribution < 1.29 is 0 Å². The highest BCUT2D eigenvalue weighted by Crippen LogP contribution is 2.52. The number of fused-ring (bicyclic) bond motifs is 9. The van der Waals surface area contributed by atoms with E-state index in [0.29, 0.717) is 17.5 Å². The van der Waals surface area contributed by atoms with Gasteiger partial charge >= 0.3 is 0 Å². The van der Waals surface area contributed by atoms with Gasteiger partial charge in [-0.05, 0) is 71.8 Å². The van der Waals surface area contributed by atoms with Crippen molar-refractivity contribution in [1.82, 2.24) is 15.0 Å². The molecule has 3 nitrogen and oxygen atoms in total. The van der Waals surface area contributed by atoms with Crippen LogP contribution in [-0.2, 0) is 5.41 Å². The van der Waals surface area contributed by atoms with Crippen LogP contribution in [0.3, 0.4) is 0 Å². The zero-order chi connectivity index (χ0) is 34.1. The van der Waals surface area contributed by atoms with Crippen molar-refractivity contribution in [1.29, 1.82) is 0 Å². The molecule has 0 bridgehead atoms. The molecule has 1 aliphatic rings. The van der Waals surface area contributed by atoms with Crippen LogP contribution in [-0.4, -0.2) is 15.0 Å². The summed E-state index contributed by atoms with van der Waals surface area (Å²) in [5.41, 5.74) is 10.6. The van der Waals surface area contributed by atoms with Gasteiger partial charge in [-0.2, -0.15) is 0 Å². The van der Waals surface area contributed by atoms with E-state index >= 15 is 0 Å². The number of benzene rings is 8. The van der Waals surface area contributed by atoms with Crippen molar-refractivity contribution in [3.8, 4) is 56.4 Å². The molecule has 3 heteroatoms. The van der Waals surface area contributed by atoms with Gasteiger partial charge in [-0.25, -0.2) is 15.0 Å². The Kier molecular flexibility index (Phi) is 6.53. The van der Waals surface area contributed by atoms with E-state index in [1.54, 1.807) is 0 Å². The number of rotatable bonds is 4. The summed E-state index contributed by atoms with van der Waals surface area (Å²) in [5.74, 6) is 1.97. The van der Waals surface area contributed by atoms with Crippen LogP contribution < -0.4 is 0 Å². The summed E-state index contributed by atoms with van der Waals surface area (Å²) >= 11 is 0. The van der Waals surface area contributed by atoms with Crippen LogP contribution in [0.5, 0.6) is 0 Å². The van der Waals surface area contributed by atoms with Crippen molar-refractivity contribution >= 4 is 32.3 Å². The molecular weight excluding hydrogens is 619 g/mol. The van der Waals surface area contributed by atoms with Gasteiger partial charge < -0.3 is 0 Å². The Morgan fingerprint density at radius 3 is 1.63 bits per heavy atom. The maximum absolute atomic E-state index is 5.07. The Morgan fingerprint density at radius 1 is 0.373 bits per heavy atom. The third kappa shape index (κ3) is 4.69. The van der Waals surface area contributed by atoms with E-state index in [1.807, 2.05) is 24.3 Å². The molecule has 0 amide bonds. The minimum absolute atomic E-state index is 0.0778. The van der Waals surface area contributed by atoms with Crippen molar-refractivity contribution in [3.05, 3.63) is 175 Å². The summed E-state index contributed by atoms with van der Waals surface area (Å²) in [7, 11) is 0. The normalized spacial score (nSPS) is 13.1. The minimum atomic E-state index is -0.0778. The lowest BCUT2D eigenvalue weighted by Gasteiger charge is -2.23. The van der Waals surface area contributed by atoms with Gasteiger partial charge in [0.25, 0.3) is 0 Å². The molecule has 0 saturated heterocycles. The van der Waals surface area contributed by atoms with Gasteiger partial charge in [-0.15, -0.1) is 0 Å². The molecule has 240 valence electrons. The summed E-state index contributed by atoms with van der Waals surface area (Å²) in [4.78, 5) is 15.1. The lowest BCUT2D eigenvalue weighted by atomic mass is 9.79. The molecule has 1 aromatic heterocycles. The quantitative estimate of drug-likeness (QED) is 0.178. The molecule has 1 aliphatic carbocycles. The highest BCUT2D eigenvalue weighted by Gasteiger charge is 2.36. The molecule has 0 spiro atoms. The van der Waals surface area contributed by atoms with Gasteiger partial charge in [0.1, 0.15) is 0 Å². The monoisotopic (exact) mass is 651 g/mol. The van der Waals surface area contributed by atoms with Crippen molar-refractivity contribution in [2.24, 2.45) is 0 Å². The molecule has 0 atom stereocenters. The van der Waals surface area contributed by atoms with E-state index in [4.69, 9.17) is 15.0 Å². The summed E-state index contributed by atoms with van der Waals surface area (Å²) in [6.45, 7) is 4.72. The van der Waals surface area contributed by atoms with Crippen LogP contribution in [0.4, 0.5) is 0 Å². The molecular formula is C48H33N3. The average molecular weight is 652 g/mol. The molecule has 1 heterocycles. The molecule has 51 heavy (non-hydrogen) atoms. The van der Waals surface area contributed by atoms with E-state index < -0.39 is 0 Å². The Balaban J connectivity index is 1.12. The van der Waals surface area contributed by atoms with Gasteiger partial charge in [0.2, 0.25) is 0 Å². The Morgan fingerprint density at radius 2 is 0.882 bits per heavy atom. The number of aromatic nitrogens is 3. The highest BCUT2D eigenvalue weighted by molar-refractivity contribution is 6.22. The fourth-order valence-corrected chi connectivity index (χ4v) is 8.20. The zero-order valence-corrected chi connectivity index (χ0v) is 28.4. The van der Waals surface area contributed by atoms with E-state index in [2.05, 4.69) is 153 Å². The highest BCUT2D eigenvalue weighted by atomic mass is 15.0. The molecule has 9 aromatic rings. The molecule has 0 saturated carbocycles. The SMILES string of the molecule is CC1(C)c2ccccc2-c2ccc3c(ccc4ccc5cc(-c6nc(-c7ccccc7)nc(-c7ccc(-c8ccccc8)cc7)n6)ccc5c43)c21. The van der Waals surface area contributed by atoms with Crippen LogP contribution in [0.1, 0.15) is 25.0 Å². The first kappa shape index (κ1) is 29.5. The maximum atomic E-state index is 5.07. The summed E-state index contributed by atoms with van der Waals surface area (Å²) in [6.07, 6.45) is 0. The first-order chi connectivity index (χ1) is 25.0. The topological polar surface area (TPSA) is 38.7 Å². The first-order valence-electron chi connectivity index (χ1n) is 17.5. The van der Waals surface area contributed by atoms with Gasteiger partial charge in [-0.3, -0.25) is 0 Å². The molecule has 0 radical (unpaired) electrons. The van der Waals surface area contributed by atoms with Gasteiger partial charge in [-0.1, -0.05) is 172 Å². The van der Waals surface area contributed by atoms with Crippen molar-refractivity contribution in [3.63, 3.8) is 0 Å². The lowest BCUT2D eigenvalue weighted by Crippen LogP contribution is -2.15. The largest absolute Gasteiger partial charge is 0.208 e. The Labute approximate surface area is 297 Å². The summed E-state index contributed by atoms with van der Waals surface area (Å²) < 4.78 is 0. The standard InChI is InChI=1S/C48H33N3/c1-48(2)42-16-10-9-15-38(42)40-28-27-39-41(44(40)48)26-23-32-19-22-35-29-36(24-25-37(35)43(32)39)47-50-45(33-13-7-4-8-14-33)49-46(51-47)34-20-17-31(18-21-34)30-11-5-3-6-12-30/h3-29H,1-2H3. The number of hydrogen-bond donors (Lipinski definition) is 0. The predicted octanol–water partition coefficient (Wildman–Crippen LogP) is 12.3. The van der Waals surface area contributed by atoms with Crippen LogP contribution in [0.15, 0.2) is 164 Å². The molecule has 10 rings (SSSR count). The van der Waals surface area contributed by atoms with Gasteiger partial charge in [0.15, 0.2) is 17.5 Å². The summed E-state index contributed by atoms with van der Waals surface area (Å²) in [6, 6.07) is 58.3. The molecule has 0 fully saturated rings. The Bertz CT molecular complexity index is 2800. The Hall–Kier alpha value is -6.45. The lowest BCUT2D eigenvalue weighted by molar-refractivity contribution is 0.666. The van der Waals surface area contributed by atoms with Crippen molar-refractivity contribution in [2.45, 2.75) is 19.3 Å². The third-order valence-corrected chi connectivity index (χ3v) is 10.7. The van der Waals surface area contributed by atoms with Gasteiger partial charge in [0, 0.05) is 22.1 Å². The second kappa shape index (κ2) is 11.3. The minimum Gasteiger partial charge on any atom is -0.208 e. The number of nitrogens with zero attached hydrogens (tertiary/aromatic N) is 3. The van der Waals surface area contributed by atoms with Crippen LogP contribution >= 0.6 is 0 Å². The molecule has 8 aromatic carbocycles. The number of hydrogen-bond acceptors (Lipinski definition) is 3. The fraction of sp³-hybridized carbons (Fsp3) is 0.0625. The van der Waals surface area contributed by atoms with E-state index in [1.165, 1.54) is 54.7 Å². The predicted molar refractivity (Wildman–Crippen MR) is 212 cm³/mol. The van der Waals surface area contributed by atoms with Gasteiger partial charge in [0.05, 0.1) is 0 Å². The van der Waals surface area contributed by atoms with Crippen LogP contribution in [0, 0.1) is 0 Å². The second-order valence-corrected chi connectivity index (χ2v) is 14.0. The zero-order valence-electron chi connectivity index (χ0n) is 28.4. The maximum Gasteiger partial charge on any atom is 0.164 e. The van der Waals surface area contributed by atoms with Crippen LogP contribution in [0.25, 0.3) is 88.7 Å². The second-order valence-electron chi connectivity index (χ2n) is 14.0. The fourth-order valence-electron chi connectivity index (χ4n) is 8.20. The molecule has 0 unspecified atom stereocenters. The third-order valence-electron chi connectivity index (χ3n) is 10.7. The average Bonchev–Trinajstić information content (AvgIpc) is 3.44. The molecule has 0 N–H and O–H groups in total. The summed E-state index contributed by atoms with van der Waals surface area (Å²) in [5, 5.41) is 7.52. The van der Waals surface area contributed by atoms with E-state index in [0.717, 1.165) is 27.6 Å². The van der Waals surface area contributed by atoms with E-state index in [-0.39, 0.29) is 5.41 Å². The van der Waals surface area contributed by atoms with Crippen LogP contribution in [0.2, 0.25) is 0 Å². The first-order valence-corrected chi connectivity index (χ1v) is 17.5.